The first kappa shape index (κ1) is 12.0. The van der Waals surface area contributed by atoms with Crippen LogP contribution in [0.2, 0.25) is 0 Å². The highest BCUT2D eigenvalue weighted by Gasteiger charge is 2.17. The predicted molar refractivity (Wildman–Crippen MR) is 68.0 cm³/mol. The number of H-pyrrole nitrogens is 1. The van der Waals surface area contributed by atoms with Crippen molar-refractivity contribution in [2.75, 3.05) is 6.61 Å². The minimum Gasteiger partial charge on any atom is -0.465 e. The first-order valence-electron chi connectivity index (χ1n) is 5.48. The molecule has 2 aromatic rings. The predicted octanol–water partition coefficient (Wildman–Crippen LogP) is 2.61. The molecule has 1 aromatic carbocycles. The van der Waals surface area contributed by atoms with Gasteiger partial charge in [0.2, 0.25) is 0 Å². The maximum Gasteiger partial charge on any atom is 0.319 e. The quantitative estimate of drug-likeness (QED) is 0.669. The maximum absolute atomic E-state index is 11.5. The zero-order chi connectivity index (χ0) is 12.3. The van der Waals surface area contributed by atoms with Gasteiger partial charge in [-0.3, -0.25) is 4.79 Å². The molecule has 0 aliphatic rings. The summed E-state index contributed by atoms with van der Waals surface area (Å²) < 4.78 is 4.95. The van der Waals surface area contributed by atoms with Gasteiger partial charge in [-0.2, -0.15) is 0 Å². The molecule has 1 atom stereocenters. The lowest BCUT2D eigenvalue weighted by molar-refractivity contribution is -0.142. The van der Waals surface area contributed by atoms with Gasteiger partial charge in [0.05, 0.1) is 17.6 Å². The molecule has 0 amide bonds. The average molecular weight is 250 g/mol. The Bertz CT molecular complexity index is 491. The van der Waals surface area contributed by atoms with Crippen molar-refractivity contribution in [3.63, 3.8) is 0 Å². The molecular formula is C12H14N2O2S. The summed E-state index contributed by atoms with van der Waals surface area (Å²) in [7, 11) is 0. The van der Waals surface area contributed by atoms with Gasteiger partial charge in [-0.05, 0) is 26.0 Å². The lowest BCUT2D eigenvalue weighted by Gasteiger charge is -2.07. The van der Waals surface area contributed by atoms with Crippen molar-refractivity contribution in [1.29, 1.82) is 0 Å². The molecule has 0 spiro atoms. The van der Waals surface area contributed by atoms with Crippen LogP contribution in [0.4, 0.5) is 0 Å². The number of carbonyl (C=O) groups is 1. The first-order valence-corrected chi connectivity index (χ1v) is 6.36. The number of para-hydroxylation sites is 2. The summed E-state index contributed by atoms with van der Waals surface area (Å²) in [4.78, 5) is 19.0. The Labute approximate surface area is 104 Å². The zero-order valence-corrected chi connectivity index (χ0v) is 10.6. The highest BCUT2D eigenvalue weighted by Crippen LogP contribution is 2.23. The second kappa shape index (κ2) is 5.23. The molecule has 0 aliphatic carbocycles. The summed E-state index contributed by atoms with van der Waals surface area (Å²) in [6.45, 7) is 4.02. The van der Waals surface area contributed by atoms with Gasteiger partial charge in [0.25, 0.3) is 0 Å². The number of nitrogens with one attached hydrogen (secondary N) is 1. The van der Waals surface area contributed by atoms with E-state index in [1.165, 1.54) is 11.8 Å². The smallest absolute Gasteiger partial charge is 0.319 e. The SMILES string of the molecule is CCOC(=O)[C@H](C)Sc1nc2ccccc2[nH]1. The lowest BCUT2D eigenvalue weighted by atomic mass is 10.3. The maximum atomic E-state index is 11.5. The van der Waals surface area contributed by atoms with Crippen LogP contribution in [0, 0.1) is 0 Å². The van der Waals surface area contributed by atoms with E-state index in [1.54, 1.807) is 6.92 Å². The average Bonchev–Trinajstić information content (AvgIpc) is 2.71. The fraction of sp³-hybridized carbons (Fsp3) is 0.333. The number of nitrogens with zero attached hydrogens (tertiary/aromatic N) is 1. The number of esters is 1. The van der Waals surface area contributed by atoms with E-state index in [0.717, 1.165) is 16.2 Å². The molecule has 90 valence electrons. The number of benzene rings is 1. The van der Waals surface area contributed by atoms with Crippen molar-refractivity contribution in [3.05, 3.63) is 24.3 Å². The molecular weight excluding hydrogens is 236 g/mol. The van der Waals surface area contributed by atoms with Crippen LogP contribution in [-0.2, 0) is 9.53 Å². The van der Waals surface area contributed by atoms with Gasteiger partial charge in [-0.25, -0.2) is 4.98 Å². The van der Waals surface area contributed by atoms with Gasteiger partial charge < -0.3 is 9.72 Å². The Hall–Kier alpha value is -1.49. The standard InChI is InChI=1S/C12H14N2O2S/c1-3-16-11(15)8(2)17-12-13-9-6-4-5-7-10(9)14-12/h4-8H,3H2,1-2H3,(H,13,14)/t8-/m0/s1. The fourth-order valence-electron chi connectivity index (χ4n) is 1.46. The Balaban J connectivity index is 2.10. The zero-order valence-electron chi connectivity index (χ0n) is 9.77. The van der Waals surface area contributed by atoms with Gasteiger partial charge in [0.1, 0.15) is 5.25 Å². The number of aromatic nitrogens is 2. The minimum atomic E-state index is -0.254. The summed E-state index contributed by atoms with van der Waals surface area (Å²) in [5.74, 6) is -0.210. The summed E-state index contributed by atoms with van der Waals surface area (Å²) in [5, 5.41) is 0.488. The molecule has 17 heavy (non-hydrogen) atoms. The Morgan fingerprint density at radius 1 is 1.53 bits per heavy atom. The molecule has 2 rings (SSSR count). The molecule has 1 aromatic heterocycles. The first-order chi connectivity index (χ1) is 8.20. The van der Waals surface area contributed by atoms with Crippen LogP contribution in [0.5, 0.6) is 0 Å². The Kier molecular flexibility index (Phi) is 3.68. The van der Waals surface area contributed by atoms with Gasteiger partial charge in [-0.1, -0.05) is 23.9 Å². The number of hydrogen-bond donors (Lipinski definition) is 1. The Morgan fingerprint density at radius 2 is 2.29 bits per heavy atom. The second-order valence-electron chi connectivity index (χ2n) is 3.57. The number of rotatable bonds is 4. The van der Waals surface area contributed by atoms with Crippen molar-refractivity contribution in [2.24, 2.45) is 0 Å². The molecule has 0 fully saturated rings. The number of thioether (sulfide) groups is 1. The van der Waals surface area contributed by atoms with Crippen molar-refractivity contribution < 1.29 is 9.53 Å². The molecule has 0 saturated carbocycles. The molecule has 0 unspecified atom stereocenters. The fourth-order valence-corrected chi connectivity index (χ4v) is 2.28. The van der Waals surface area contributed by atoms with Crippen molar-refractivity contribution in [3.8, 4) is 0 Å². The van der Waals surface area contributed by atoms with Crippen LogP contribution in [-0.4, -0.2) is 27.8 Å². The third-order valence-electron chi connectivity index (χ3n) is 2.27. The van der Waals surface area contributed by atoms with E-state index in [9.17, 15) is 4.79 Å². The highest BCUT2D eigenvalue weighted by atomic mass is 32.2. The molecule has 0 saturated heterocycles. The van der Waals surface area contributed by atoms with E-state index in [-0.39, 0.29) is 11.2 Å². The van der Waals surface area contributed by atoms with Crippen molar-refractivity contribution in [2.45, 2.75) is 24.3 Å². The summed E-state index contributed by atoms with van der Waals surface area (Å²) in [5.41, 5.74) is 1.89. The van der Waals surface area contributed by atoms with Crippen LogP contribution in [0.1, 0.15) is 13.8 Å². The van der Waals surface area contributed by atoms with E-state index in [4.69, 9.17) is 4.74 Å². The summed E-state index contributed by atoms with van der Waals surface area (Å²) in [6.07, 6.45) is 0. The van der Waals surface area contributed by atoms with E-state index >= 15 is 0 Å². The molecule has 1 N–H and O–H groups in total. The number of ether oxygens (including phenoxy) is 1. The third-order valence-corrected chi connectivity index (χ3v) is 3.24. The number of imidazole rings is 1. The van der Waals surface area contributed by atoms with Gasteiger partial charge in [0.15, 0.2) is 5.16 Å². The van der Waals surface area contributed by atoms with Gasteiger partial charge >= 0.3 is 5.97 Å². The summed E-state index contributed by atoms with van der Waals surface area (Å²) >= 11 is 1.38. The van der Waals surface area contributed by atoms with Crippen LogP contribution in [0.25, 0.3) is 11.0 Å². The molecule has 0 radical (unpaired) electrons. The van der Waals surface area contributed by atoms with Gasteiger partial charge in [-0.15, -0.1) is 0 Å². The van der Waals surface area contributed by atoms with Gasteiger partial charge in [0, 0.05) is 0 Å². The topological polar surface area (TPSA) is 55.0 Å². The second-order valence-corrected chi connectivity index (χ2v) is 4.90. The number of carbonyl (C=O) groups excluding carboxylic acids is 1. The largest absolute Gasteiger partial charge is 0.465 e. The van der Waals surface area contributed by atoms with E-state index in [2.05, 4.69) is 9.97 Å². The summed E-state index contributed by atoms with van der Waals surface area (Å²) in [6, 6.07) is 7.78. The molecule has 4 nitrogen and oxygen atoms in total. The third kappa shape index (κ3) is 2.79. The normalized spacial score (nSPS) is 12.6. The van der Waals surface area contributed by atoms with E-state index in [0.29, 0.717) is 6.61 Å². The molecule has 1 heterocycles. The lowest BCUT2D eigenvalue weighted by Crippen LogP contribution is -2.16. The van der Waals surface area contributed by atoms with E-state index in [1.807, 2.05) is 31.2 Å². The highest BCUT2D eigenvalue weighted by molar-refractivity contribution is 8.00. The minimum absolute atomic E-state index is 0.210. The van der Waals surface area contributed by atoms with Crippen LogP contribution in [0.3, 0.4) is 0 Å². The number of aromatic amines is 1. The monoisotopic (exact) mass is 250 g/mol. The number of hydrogen-bond acceptors (Lipinski definition) is 4. The van der Waals surface area contributed by atoms with E-state index < -0.39 is 0 Å². The number of fused-ring (bicyclic) bond motifs is 1. The van der Waals surface area contributed by atoms with Crippen molar-refractivity contribution in [1.82, 2.24) is 9.97 Å². The van der Waals surface area contributed by atoms with Crippen molar-refractivity contribution >= 4 is 28.8 Å². The molecule has 0 bridgehead atoms. The molecule has 0 aliphatic heterocycles. The van der Waals surface area contributed by atoms with Crippen LogP contribution < -0.4 is 0 Å². The van der Waals surface area contributed by atoms with Crippen LogP contribution >= 0.6 is 11.8 Å². The van der Waals surface area contributed by atoms with Crippen LogP contribution in [0.15, 0.2) is 29.4 Å². The molecule has 5 heteroatoms. The Morgan fingerprint density at radius 3 is 3.00 bits per heavy atom.